The van der Waals surface area contributed by atoms with Gasteiger partial charge < -0.3 is 10.5 Å². The molecule has 178 valence electrons. The standard InChI is InChI=1S/C19H26ClN3O.C7H15N/c1-13(24-19(2,3)4)10-15-11-21-17(20)16-12-22-18(23(15)16)14-8-6-5-7-9-14;1-6(8)5-7(2,3)4/h11-12,14H,1,5-10H2,2-4H3;1,5,8H2,2-4H3. The number of aromatic nitrogens is 3. The molecule has 2 aromatic rings. The lowest BCUT2D eigenvalue weighted by Gasteiger charge is -2.24. The quantitative estimate of drug-likeness (QED) is 0.479. The van der Waals surface area contributed by atoms with Gasteiger partial charge in [0.25, 0.3) is 0 Å². The zero-order valence-corrected chi connectivity index (χ0v) is 21.6. The van der Waals surface area contributed by atoms with Crippen LogP contribution in [0.5, 0.6) is 0 Å². The first-order valence-corrected chi connectivity index (χ1v) is 12.0. The van der Waals surface area contributed by atoms with E-state index in [0.717, 1.165) is 34.9 Å². The number of hydrogen-bond acceptors (Lipinski definition) is 4. The number of fused-ring (bicyclic) bond motifs is 1. The summed E-state index contributed by atoms with van der Waals surface area (Å²) in [6.45, 7) is 20.2. The van der Waals surface area contributed by atoms with E-state index in [1.807, 2.05) is 33.2 Å². The largest absolute Gasteiger partial charge is 0.493 e. The van der Waals surface area contributed by atoms with Crippen molar-refractivity contribution in [1.29, 1.82) is 0 Å². The van der Waals surface area contributed by atoms with Gasteiger partial charge in [-0.1, -0.05) is 64.8 Å². The van der Waals surface area contributed by atoms with Crippen LogP contribution in [0.25, 0.3) is 5.52 Å². The Balaban J connectivity index is 0.000000390. The summed E-state index contributed by atoms with van der Waals surface area (Å²) in [5, 5.41) is 0.496. The number of imidazole rings is 1. The van der Waals surface area contributed by atoms with Crippen LogP contribution < -0.4 is 5.73 Å². The molecular formula is C26H41ClN4O. The maximum absolute atomic E-state index is 6.30. The highest BCUT2D eigenvalue weighted by Crippen LogP contribution is 2.34. The molecule has 0 unspecified atom stereocenters. The summed E-state index contributed by atoms with van der Waals surface area (Å²) in [5.41, 5.74) is 8.11. The third kappa shape index (κ3) is 8.16. The third-order valence-corrected chi connectivity index (χ3v) is 5.46. The normalized spacial score (nSPS) is 15.2. The van der Waals surface area contributed by atoms with Gasteiger partial charge in [0, 0.05) is 24.2 Å². The van der Waals surface area contributed by atoms with E-state index in [9.17, 15) is 0 Å². The Bertz CT molecular complexity index is 928. The predicted octanol–water partition coefficient (Wildman–Crippen LogP) is 7.20. The Morgan fingerprint density at radius 3 is 2.22 bits per heavy atom. The van der Waals surface area contributed by atoms with Crippen LogP contribution in [0.2, 0.25) is 5.15 Å². The Labute approximate surface area is 199 Å². The molecule has 2 aromatic heterocycles. The summed E-state index contributed by atoms with van der Waals surface area (Å²) in [4.78, 5) is 9.01. The molecule has 1 fully saturated rings. The van der Waals surface area contributed by atoms with Crippen LogP contribution in [0, 0.1) is 5.41 Å². The second kappa shape index (κ2) is 10.7. The van der Waals surface area contributed by atoms with Gasteiger partial charge in [0.05, 0.1) is 17.6 Å². The lowest BCUT2D eigenvalue weighted by molar-refractivity contribution is 0.0497. The number of nitrogens with two attached hydrogens (primary N) is 1. The first kappa shape index (κ1) is 26.2. The number of ether oxygens (including phenoxy) is 1. The highest BCUT2D eigenvalue weighted by Gasteiger charge is 2.23. The molecule has 5 nitrogen and oxygen atoms in total. The zero-order chi connectivity index (χ0) is 24.1. The van der Waals surface area contributed by atoms with E-state index in [4.69, 9.17) is 27.1 Å². The molecule has 1 saturated carbocycles. The van der Waals surface area contributed by atoms with Gasteiger partial charge in [-0.25, -0.2) is 9.97 Å². The molecule has 0 bridgehead atoms. The number of hydrogen-bond donors (Lipinski definition) is 1. The van der Waals surface area contributed by atoms with E-state index >= 15 is 0 Å². The Morgan fingerprint density at radius 2 is 1.72 bits per heavy atom. The van der Waals surface area contributed by atoms with Crippen LogP contribution in [0.1, 0.15) is 97.5 Å². The van der Waals surface area contributed by atoms with Gasteiger partial charge in [-0.2, -0.15) is 0 Å². The van der Waals surface area contributed by atoms with Crippen molar-refractivity contribution in [3.05, 3.63) is 53.7 Å². The van der Waals surface area contributed by atoms with Crippen molar-refractivity contribution in [2.24, 2.45) is 11.1 Å². The summed E-state index contributed by atoms with van der Waals surface area (Å²) < 4.78 is 8.06. The molecular weight excluding hydrogens is 420 g/mol. The summed E-state index contributed by atoms with van der Waals surface area (Å²) in [5.74, 6) is 2.33. The Morgan fingerprint density at radius 1 is 1.09 bits per heavy atom. The van der Waals surface area contributed by atoms with Crippen molar-refractivity contribution in [3.63, 3.8) is 0 Å². The van der Waals surface area contributed by atoms with Crippen LogP contribution in [0.15, 0.2) is 37.0 Å². The van der Waals surface area contributed by atoms with Crippen molar-refractivity contribution >= 4 is 17.1 Å². The fraction of sp³-hybridized carbons (Fsp3) is 0.615. The fourth-order valence-electron chi connectivity index (χ4n) is 4.19. The van der Waals surface area contributed by atoms with Crippen molar-refractivity contribution in [2.75, 3.05) is 0 Å². The van der Waals surface area contributed by atoms with Crippen LogP contribution in [0.3, 0.4) is 0 Å². The van der Waals surface area contributed by atoms with Gasteiger partial charge in [0.15, 0.2) is 5.15 Å². The van der Waals surface area contributed by atoms with E-state index in [0.29, 0.717) is 22.9 Å². The summed E-state index contributed by atoms with van der Waals surface area (Å²) in [7, 11) is 0. The van der Waals surface area contributed by atoms with E-state index in [1.54, 1.807) is 0 Å². The van der Waals surface area contributed by atoms with Crippen molar-refractivity contribution in [1.82, 2.24) is 14.4 Å². The minimum absolute atomic E-state index is 0.253. The molecule has 0 amide bonds. The molecule has 32 heavy (non-hydrogen) atoms. The SMILES string of the molecule is C=C(Cc1cnc(Cl)c2cnc(C3CCCCC3)n12)OC(C)(C)C.C=C(N)CC(C)(C)C. The topological polar surface area (TPSA) is 65.4 Å². The molecule has 6 heteroatoms. The van der Waals surface area contributed by atoms with Crippen LogP contribution in [-0.2, 0) is 11.2 Å². The number of nitrogens with zero attached hydrogens (tertiary/aromatic N) is 3. The molecule has 0 saturated heterocycles. The lowest BCUT2D eigenvalue weighted by atomic mass is 9.88. The molecule has 2 heterocycles. The van der Waals surface area contributed by atoms with Gasteiger partial charge in [-0.05, 0) is 45.4 Å². The summed E-state index contributed by atoms with van der Waals surface area (Å²) in [6, 6.07) is 0. The molecule has 0 atom stereocenters. The fourth-order valence-corrected chi connectivity index (χ4v) is 4.38. The van der Waals surface area contributed by atoms with Gasteiger partial charge >= 0.3 is 0 Å². The highest BCUT2D eigenvalue weighted by atomic mass is 35.5. The van der Waals surface area contributed by atoms with Gasteiger partial charge in [0.2, 0.25) is 0 Å². The molecule has 0 radical (unpaired) electrons. The molecule has 1 aliphatic carbocycles. The minimum Gasteiger partial charge on any atom is -0.493 e. The monoisotopic (exact) mass is 460 g/mol. The van der Waals surface area contributed by atoms with Gasteiger partial charge in [-0.15, -0.1) is 0 Å². The van der Waals surface area contributed by atoms with Crippen LogP contribution >= 0.6 is 11.6 Å². The Kier molecular flexibility index (Phi) is 8.81. The first-order valence-electron chi connectivity index (χ1n) is 11.6. The van der Waals surface area contributed by atoms with E-state index in [2.05, 4.69) is 43.3 Å². The zero-order valence-electron chi connectivity index (χ0n) is 20.8. The average Bonchev–Trinajstić information content (AvgIpc) is 3.08. The molecule has 1 aliphatic rings. The number of rotatable bonds is 5. The van der Waals surface area contributed by atoms with Crippen LogP contribution in [0.4, 0.5) is 0 Å². The number of allylic oxidation sites excluding steroid dienone is 2. The predicted molar refractivity (Wildman–Crippen MR) is 135 cm³/mol. The third-order valence-electron chi connectivity index (χ3n) is 5.17. The van der Waals surface area contributed by atoms with Crippen LogP contribution in [-0.4, -0.2) is 20.0 Å². The molecule has 0 aliphatic heterocycles. The smallest absolute Gasteiger partial charge is 0.154 e. The maximum Gasteiger partial charge on any atom is 0.154 e. The molecule has 2 N–H and O–H groups in total. The minimum atomic E-state index is -0.253. The summed E-state index contributed by atoms with van der Waals surface area (Å²) in [6.07, 6.45) is 11.4. The second-order valence-corrected chi connectivity index (χ2v) is 11.4. The second-order valence-electron chi connectivity index (χ2n) is 11.0. The van der Waals surface area contributed by atoms with Gasteiger partial charge in [0.1, 0.15) is 16.9 Å². The van der Waals surface area contributed by atoms with Gasteiger partial charge in [-0.3, -0.25) is 4.40 Å². The molecule has 0 spiro atoms. The lowest BCUT2D eigenvalue weighted by Crippen LogP contribution is -2.20. The van der Waals surface area contributed by atoms with E-state index in [1.165, 1.54) is 32.1 Å². The summed E-state index contributed by atoms with van der Waals surface area (Å²) >= 11 is 6.30. The molecule has 0 aromatic carbocycles. The average molecular weight is 461 g/mol. The van der Waals surface area contributed by atoms with Crippen molar-refractivity contribution in [2.45, 2.75) is 98.0 Å². The van der Waals surface area contributed by atoms with E-state index < -0.39 is 0 Å². The molecule has 3 rings (SSSR count). The Hall–Kier alpha value is -2.01. The number of halogens is 1. The van der Waals surface area contributed by atoms with Crippen molar-refractivity contribution in [3.8, 4) is 0 Å². The van der Waals surface area contributed by atoms with Crippen molar-refractivity contribution < 1.29 is 4.74 Å². The maximum atomic E-state index is 6.30. The van der Waals surface area contributed by atoms with E-state index in [-0.39, 0.29) is 5.60 Å². The highest BCUT2D eigenvalue weighted by molar-refractivity contribution is 6.32. The first-order chi connectivity index (χ1) is 14.8.